The Labute approximate surface area is 208 Å². The predicted molar refractivity (Wildman–Crippen MR) is 138 cm³/mol. The molecule has 0 spiro atoms. The molecule has 0 saturated carbocycles. The Morgan fingerprint density at radius 3 is 2.60 bits per heavy atom. The molecule has 2 atom stereocenters. The fourth-order valence-electron chi connectivity index (χ4n) is 5.45. The minimum absolute atomic E-state index is 0.146. The first-order valence-corrected chi connectivity index (χ1v) is 12.6. The van der Waals surface area contributed by atoms with Gasteiger partial charge >= 0.3 is 0 Å². The molecule has 182 valence electrons. The molecule has 1 saturated heterocycles. The molecule has 3 aromatic carbocycles. The van der Waals surface area contributed by atoms with Gasteiger partial charge in [-0.1, -0.05) is 59.7 Å². The maximum atomic E-state index is 13.6. The highest BCUT2D eigenvalue weighted by molar-refractivity contribution is 5.95. The summed E-state index contributed by atoms with van der Waals surface area (Å²) < 4.78 is 11.2. The van der Waals surface area contributed by atoms with E-state index < -0.39 is 0 Å². The van der Waals surface area contributed by atoms with E-state index >= 15 is 0 Å². The van der Waals surface area contributed by atoms with Crippen LogP contribution in [0.15, 0.2) is 66.7 Å². The molecule has 2 heterocycles. The van der Waals surface area contributed by atoms with Crippen molar-refractivity contribution in [2.75, 3.05) is 19.9 Å². The second-order valence-electron chi connectivity index (χ2n) is 9.79. The van der Waals surface area contributed by atoms with Gasteiger partial charge in [-0.2, -0.15) is 0 Å². The summed E-state index contributed by atoms with van der Waals surface area (Å²) in [5.74, 6) is 1.86. The zero-order valence-corrected chi connectivity index (χ0v) is 20.6. The highest BCUT2D eigenvalue weighted by Gasteiger charge is 2.32. The number of likely N-dealkylation sites (tertiary alicyclic amines) is 1. The lowest BCUT2D eigenvalue weighted by atomic mass is 9.91. The zero-order valence-electron chi connectivity index (χ0n) is 20.6. The summed E-state index contributed by atoms with van der Waals surface area (Å²) >= 11 is 0. The van der Waals surface area contributed by atoms with Gasteiger partial charge in [0, 0.05) is 24.2 Å². The first kappa shape index (κ1) is 23.4. The van der Waals surface area contributed by atoms with E-state index in [2.05, 4.69) is 60.5 Å². The molecule has 5 heteroatoms. The Morgan fingerprint density at radius 1 is 1.00 bits per heavy atom. The maximum Gasteiger partial charge on any atom is 0.254 e. The van der Waals surface area contributed by atoms with Crippen LogP contribution in [-0.2, 0) is 12.8 Å². The summed E-state index contributed by atoms with van der Waals surface area (Å²) in [6.07, 6.45) is 3.65. The number of para-hydroxylation sites is 1. The molecule has 3 aromatic rings. The van der Waals surface area contributed by atoms with E-state index in [1.54, 1.807) is 0 Å². The molecule has 0 unspecified atom stereocenters. The molecule has 0 aromatic heterocycles. The minimum Gasteiger partial charge on any atom is -0.454 e. The van der Waals surface area contributed by atoms with Gasteiger partial charge in [0.25, 0.3) is 5.91 Å². The third-order valence-electron chi connectivity index (χ3n) is 7.06. The normalized spacial score (nSPS) is 19.1. The number of carbonyl (C=O) groups is 1. The van der Waals surface area contributed by atoms with Crippen molar-refractivity contribution in [3.8, 4) is 11.5 Å². The molecular formula is C30H34N2O3. The number of fused-ring (bicyclic) bond motifs is 1. The van der Waals surface area contributed by atoms with E-state index in [1.807, 2.05) is 30.3 Å². The summed E-state index contributed by atoms with van der Waals surface area (Å²) in [6, 6.07) is 23.3. The number of aryl methyl sites for hydroxylation is 2. The van der Waals surface area contributed by atoms with Crippen molar-refractivity contribution in [3.05, 3.63) is 94.5 Å². The van der Waals surface area contributed by atoms with E-state index in [1.165, 1.54) is 11.1 Å². The van der Waals surface area contributed by atoms with Crippen LogP contribution in [0.4, 0.5) is 0 Å². The van der Waals surface area contributed by atoms with Crippen LogP contribution in [0, 0.1) is 13.8 Å². The van der Waals surface area contributed by atoms with Crippen LogP contribution >= 0.6 is 0 Å². The summed E-state index contributed by atoms with van der Waals surface area (Å²) in [6.45, 7) is 6.04. The summed E-state index contributed by atoms with van der Waals surface area (Å²) in [5.41, 5.74) is 5.51. The van der Waals surface area contributed by atoms with Gasteiger partial charge in [-0.25, -0.2) is 0 Å². The van der Waals surface area contributed by atoms with E-state index in [-0.39, 0.29) is 11.9 Å². The van der Waals surface area contributed by atoms with Crippen molar-refractivity contribution in [1.82, 2.24) is 10.2 Å². The number of rotatable bonds is 7. The number of hydrogen-bond donors (Lipinski definition) is 1. The monoisotopic (exact) mass is 470 g/mol. The molecule has 5 rings (SSSR count). The van der Waals surface area contributed by atoms with Crippen LogP contribution in [0.2, 0.25) is 0 Å². The Morgan fingerprint density at radius 2 is 1.80 bits per heavy atom. The number of ether oxygens (including phenoxy) is 2. The summed E-state index contributed by atoms with van der Waals surface area (Å²) in [5, 5.41) is 3.76. The number of amides is 1. The lowest BCUT2D eigenvalue weighted by Gasteiger charge is -2.40. The van der Waals surface area contributed by atoms with Gasteiger partial charge < -0.3 is 19.7 Å². The lowest BCUT2D eigenvalue weighted by Crippen LogP contribution is -2.52. The van der Waals surface area contributed by atoms with Crippen LogP contribution in [0.5, 0.6) is 11.5 Å². The smallest absolute Gasteiger partial charge is 0.254 e. The predicted octanol–water partition coefficient (Wildman–Crippen LogP) is 5.08. The van der Waals surface area contributed by atoms with Gasteiger partial charge in [0.2, 0.25) is 6.79 Å². The Hall–Kier alpha value is -3.31. The van der Waals surface area contributed by atoms with Crippen LogP contribution in [-0.4, -0.2) is 42.8 Å². The van der Waals surface area contributed by atoms with Crippen molar-refractivity contribution in [2.45, 2.75) is 51.6 Å². The van der Waals surface area contributed by atoms with Crippen molar-refractivity contribution >= 4 is 5.91 Å². The fraction of sp³-hybridized carbons (Fsp3) is 0.367. The lowest BCUT2D eigenvalue weighted by molar-refractivity contribution is 0.0577. The van der Waals surface area contributed by atoms with Crippen molar-refractivity contribution in [2.24, 2.45) is 0 Å². The Kier molecular flexibility index (Phi) is 7.05. The average Bonchev–Trinajstić information content (AvgIpc) is 3.34. The SMILES string of the molecule is Cc1cc(C)cc(C(=O)N2CC[C@H](NCCc3cccc4c3OCO4)C[C@@H]2Cc2ccccc2)c1. The van der Waals surface area contributed by atoms with Crippen LogP contribution in [0.1, 0.15) is 45.5 Å². The molecule has 1 fully saturated rings. The number of nitrogens with one attached hydrogen (secondary N) is 1. The van der Waals surface area contributed by atoms with Gasteiger partial charge in [-0.15, -0.1) is 0 Å². The molecule has 2 aliphatic rings. The van der Waals surface area contributed by atoms with Gasteiger partial charge in [-0.3, -0.25) is 4.79 Å². The molecule has 5 nitrogen and oxygen atoms in total. The molecule has 1 N–H and O–H groups in total. The van der Waals surface area contributed by atoms with Crippen molar-refractivity contribution < 1.29 is 14.3 Å². The van der Waals surface area contributed by atoms with E-state index in [9.17, 15) is 4.79 Å². The molecular weight excluding hydrogens is 436 g/mol. The van der Waals surface area contributed by atoms with E-state index in [0.717, 1.165) is 67.0 Å². The first-order valence-electron chi connectivity index (χ1n) is 12.6. The van der Waals surface area contributed by atoms with Crippen LogP contribution in [0.3, 0.4) is 0 Å². The average molecular weight is 471 g/mol. The Bertz CT molecular complexity index is 1160. The number of piperidine rings is 1. The molecule has 0 bridgehead atoms. The second kappa shape index (κ2) is 10.5. The quantitative estimate of drug-likeness (QED) is 0.523. The van der Waals surface area contributed by atoms with Gasteiger partial charge in [-0.05, 0) is 75.4 Å². The number of carbonyl (C=O) groups excluding carboxylic acids is 1. The maximum absolute atomic E-state index is 13.6. The third-order valence-corrected chi connectivity index (χ3v) is 7.06. The first-order chi connectivity index (χ1) is 17.1. The highest BCUT2D eigenvalue weighted by Crippen LogP contribution is 2.35. The zero-order chi connectivity index (χ0) is 24.2. The van der Waals surface area contributed by atoms with E-state index in [4.69, 9.17) is 9.47 Å². The number of benzene rings is 3. The molecule has 2 aliphatic heterocycles. The van der Waals surface area contributed by atoms with Crippen molar-refractivity contribution in [3.63, 3.8) is 0 Å². The molecule has 35 heavy (non-hydrogen) atoms. The molecule has 1 amide bonds. The third kappa shape index (κ3) is 5.51. The second-order valence-corrected chi connectivity index (χ2v) is 9.79. The minimum atomic E-state index is 0.146. The number of hydrogen-bond acceptors (Lipinski definition) is 4. The topological polar surface area (TPSA) is 50.8 Å². The van der Waals surface area contributed by atoms with Crippen LogP contribution < -0.4 is 14.8 Å². The number of nitrogens with zero attached hydrogens (tertiary/aromatic N) is 1. The van der Waals surface area contributed by atoms with Gasteiger partial charge in [0.15, 0.2) is 11.5 Å². The fourth-order valence-corrected chi connectivity index (χ4v) is 5.45. The van der Waals surface area contributed by atoms with E-state index in [0.29, 0.717) is 12.8 Å². The standard InChI is InChI=1S/C30H34N2O3/c1-21-15-22(2)17-25(16-21)30(33)32-14-12-26(19-27(32)18-23-7-4-3-5-8-23)31-13-11-24-9-6-10-28-29(24)35-20-34-28/h3-10,15-17,26-27,31H,11-14,18-20H2,1-2H3/t26-,27-/m0/s1. The largest absolute Gasteiger partial charge is 0.454 e. The molecule has 0 aliphatic carbocycles. The summed E-state index contributed by atoms with van der Waals surface area (Å²) in [4.78, 5) is 15.7. The highest BCUT2D eigenvalue weighted by atomic mass is 16.7. The van der Waals surface area contributed by atoms with Gasteiger partial charge in [0.05, 0.1) is 0 Å². The van der Waals surface area contributed by atoms with Gasteiger partial charge in [0.1, 0.15) is 0 Å². The summed E-state index contributed by atoms with van der Waals surface area (Å²) in [7, 11) is 0. The van der Waals surface area contributed by atoms with Crippen LogP contribution in [0.25, 0.3) is 0 Å². The van der Waals surface area contributed by atoms with Crippen molar-refractivity contribution in [1.29, 1.82) is 0 Å². The molecule has 0 radical (unpaired) electrons. The Balaban J connectivity index is 1.27.